The summed E-state index contributed by atoms with van der Waals surface area (Å²) in [4.78, 5) is 12.3. The van der Waals surface area contributed by atoms with Crippen LogP contribution in [-0.2, 0) is 15.8 Å². The van der Waals surface area contributed by atoms with Gasteiger partial charge in [0.2, 0.25) is 0 Å². The van der Waals surface area contributed by atoms with Crippen molar-refractivity contribution in [2.24, 2.45) is 0 Å². The number of phenols is 2. The third kappa shape index (κ3) is 14.2. The van der Waals surface area contributed by atoms with Crippen LogP contribution in [0.25, 0.3) is 0 Å². The van der Waals surface area contributed by atoms with E-state index in [4.69, 9.17) is 14.9 Å². The normalized spacial score (nSPS) is 11.5. The van der Waals surface area contributed by atoms with Crippen molar-refractivity contribution in [2.75, 3.05) is 6.61 Å². The molecule has 1 unspecified atom stereocenters. The topological polar surface area (TPSA) is 104 Å². The number of carbonyl (C=O) groups excluding carboxylic acids is 1. The quantitative estimate of drug-likeness (QED) is 0.0922. The fourth-order valence-electron chi connectivity index (χ4n) is 3.94. The molecule has 0 spiro atoms. The Morgan fingerprint density at radius 3 is 1.65 bits per heavy atom. The van der Waals surface area contributed by atoms with Crippen molar-refractivity contribution in [3.63, 3.8) is 0 Å². The highest BCUT2D eigenvalue weighted by Gasteiger charge is 2.11. The number of phenolic OH excluding ortho intramolecular Hbond substituents is 2. The van der Waals surface area contributed by atoms with Crippen molar-refractivity contribution in [3.05, 3.63) is 52.6 Å². The second-order valence-corrected chi connectivity index (χ2v) is 10.7. The van der Waals surface area contributed by atoms with Gasteiger partial charge in [-0.2, -0.15) is 0 Å². The Balaban J connectivity index is 0.000000568. The molecule has 6 nitrogen and oxygen atoms in total. The minimum atomic E-state index is -2.09. The van der Waals surface area contributed by atoms with Crippen LogP contribution in [0.4, 0.5) is 0 Å². The molecule has 1 atom stereocenters. The molecule has 2 aromatic carbocycles. The summed E-state index contributed by atoms with van der Waals surface area (Å²) in [6, 6.07) is 7.79. The molecule has 0 fully saturated rings. The van der Waals surface area contributed by atoms with Crippen LogP contribution < -0.4 is 0 Å². The average Bonchev–Trinajstić information content (AvgIpc) is 2.85. The van der Waals surface area contributed by atoms with Crippen molar-refractivity contribution >= 4 is 17.0 Å². The summed E-state index contributed by atoms with van der Waals surface area (Å²) in [7, 11) is 0. The first-order valence-electron chi connectivity index (χ1n) is 13.5. The molecule has 2 aromatic rings. The Hall–Kier alpha value is -2.38. The van der Waals surface area contributed by atoms with Crippen LogP contribution in [0.1, 0.15) is 111 Å². The number of unbranched alkanes of at least 4 members (excludes halogenated alkanes) is 11. The van der Waals surface area contributed by atoms with Crippen LogP contribution in [0.5, 0.6) is 11.5 Å². The lowest BCUT2D eigenvalue weighted by Gasteiger charge is -2.07. The molecule has 208 valence electrons. The summed E-state index contributed by atoms with van der Waals surface area (Å²) >= 11 is -2.09. The maximum absolute atomic E-state index is 12.1. The Labute approximate surface area is 225 Å². The standard InChI is InChI=1S/C22H36O4S.C8H10O2/c1-3-4-5-6-7-8-9-10-11-12-13-14-15-26-22(23)20-16-19(2)17-21(18-20)27(24)25;1-5-3-8(10)6(2)4-7(5)9/h16-18H,3-15H2,1-2H3,(H,24,25);3-4,9-10H,1-2H3. The van der Waals surface area contributed by atoms with Crippen molar-refractivity contribution < 1.29 is 28.5 Å². The predicted molar refractivity (Wildman–Crippen MR) is 151 cm³/mol. The maximum atomic E-state index is 12.1. The van der Waals surface area contributed by atoms with Crippen molar-refractivity contribution in [1.29, 1.82) is 0 Å². The average molecular weight is 535 g/mol. The molecule has 0 bridgehead atoms. The lowest BCUT2D eigenvalue weighted by molar-refractivity contribution is 0.0497. The molecule has 0 radical (unpaired) electrons. The van der Waals surface area contributed by atoms with E-state index in [0.29, 0.717) is 23.3 Å². The molecule has 0 heterocycles. The first-order valence-corrected chi connectivity index (χ1v) is 14.6. The minimum absolute atomic E-state index is 0.229. The Morgan fingerprint density at radius 1 is 0.730 bits per heavy atom. The van der Waals surface area contributed by atoms with E-state index < -0.39 is 17.0 Å². The van der Waals surface area contributed by atoms with Gasteiger partial charge in [0.15, 0.2) is 11.1 Å². The number of carbonyl (C=O) groups is 1. The number of hydrogen-bond acceptors (Lipinski definition) is 5. The number of aromatic hydroxyl groups is 2. The highest BCUT2D eigenvalue weighted by atomic mass is 32.2. The zero-order valence-corrected chi connectivity index (χ0v) is 23.9. The summed E-state index contributed by atoms with van der Waals surface area (Å²) in [6.45, 7) is 7.93. The van der Waals surface area contributed by atoms with E-state index in [9.17, 15) is 13.6 Å². The van der Waals surface area contributed by atoms with Crippen LogP contribution >= 0.6 is 0 Å². The SMILES string of the molecule is CCCCCCCCCCCCCCOC(=O)c1cc(C)cc(S(=O)O)c1.Cc1cc(O)c(C)cc1O. The van der Waals surface area contributed by atoms with Gasteiger partial charge in [0.25, 0.3) is 0 Å². The molecule has 3 N–H and O–H groups in total. The Bertz CT molecular complexity index is 923. The van der Waals surface area contributed by atoms with Gasteiger partial charge in [-0.3, -0.25) is 0 Å². The number of ether oxygens (including phenoxy) is 1. The van der Waals surface area contributed by atoms with Crippen molar-refractivity contribution in [3.8, 4) is 11.5 Å². The molecule has 0 amide bonds. The summed E-state index contributed by atoms with van der Waals surface area (Å²) in [5.74, 6) is 0.0408. The summed E-state index contributed by atoms with van der Waals surface area (Å²) in [6.07, 6.45) is 15.2. The van der Waals surface area contributed by atoms with Gasteiger partial charge < -0.3 is 19.5 Å². The first kappa shape index (κ1) is 32.6. The number of rotatable bonds is 15. The van der Waals surface area contributed by atoms with Gasteiger partial charge in [-0.15, -0.1) is 0 Å². The lowest BCUT2D eigenvalue weighted by Crippen LogP contribution is -2.07. The van der Waals surface area contributed by atoms with E-state index in [1.165, 1.54) is 70.3 Å². The molecule has 0 aromatic heterocycles. The highest BCUT2D eigenvalue weighted by molar-refractivity contribution is 7.79. The molecule has 37 heavy (non-hydrogen) atoms. The molecule has 0 saturated heterocycles. The van der Waals surface area contributed by atoms with Gasteiger partial charge in [0, 0.05) is 0 Å². The summed E-state index contributed by atoms with van der Waals surface area (Å²) in [5, 5.41) is 18.2. The van der Waals surface area contributed by atoms with Crippen molar-refractivity contribution in [1.82, 2.24) is 0 Å². The van der Waals surface area contributed by atoms with E-state index in [1.807, 2.05) is 0 Å². The zero-order valence-electron chi connectivity index (χ0n) is 23.1. The van der Waals surface area contributed by atoms with E-state index in [0.717, 1.165) is 18.4 Å². The second-order valence-electron chi connectivity index (χ2n) is 9.73. The Kier molecular flexibility index (Phi) is 16.6. The molecule has 0 saturated carbocycles. The van der Waals surface area contributed by atoms with E-state index in [2.05, 4.69) is 6.92 Å². The molecule has 0 aliphatic heterocycles. The van der Waals surface area contributed by atoms with E-state index >= 15 is 0 Å². The number of benzene rings is 2. The maximum Gasteiger partial charge on any atom is 0.338 e. The van der Waals surface area contributed by atoms with Gasteiger partial charge in [0.1, 0.15) is 11.5 Å². The molecular formula is C30H46O6S. The van der Waals surface area contributed by atoms with E-state index in [-0.39, 0.29) is 16.4 Å². The van der Waals surface area contributed by atoms with Crippen molar-refractivity contribution in [2.45, 2.75) is 110 Å². The van der Waals surface area contributed by atoms with Crippen LogP contribution in [-0.4, -0.2) is 31.6 Å². The van der Waals surface area contributed by atoms with Gasteiger partial charge in [0.05, 0.1) is 17.1 Å². The van der Waals surface area contributed by atoms with Crippen LogP contribution in [0.2, 0.25) is 0 Å². The fraction of sp³-hybridized carbons (Fsp3) is 0.567. The first-order chi connectivity index (χ1) is 17.6. The fourth-order valence-corrected chi connectivity index (χ4v) is 4.46. The summed E-state index contributed by atoms with van der Waals surface area (Å²) < 4.78 is 25.6. The van der Waals surface area contributed by atoms with Gasteiger partial charge in [-0.1, -0.05) is 77.6 Å². The summed E-state index contributed by atoms with van der Waals surface area (Å²) in [5.41, 5.74) is 2.50. The predicted octanol–water partition coefficient (Wildman–Crippen LogP) is 8.15. The van der Waals surface area contributed by atoms with Gasteiger partial charge in [-0.05, 0) is 74.2 Å². The molecule has 7 heteroatoms. The largest absolute Gasteiger partial charge is 0.508 e. The number of hydrogen-bond donors (Lipinski definition) is 3. The molecule has 0 aliphatic carbocycles. The van der Waals surface area contributed by atoms with Crippen LogP contribution in [0.3, 0.4) is 0 Å². The Morgan fingerprint density at radius 2 is 1.19 bits per heavy atom. The number of esters is 1. The lowest BCUT2D eigenvalue weighted by atomic mass is 10.1. The molecule has 2 rings (SSSR count). The highest BCUT2D eigenvalue weighted by Crippen LogP contribution is 2.25. The monoisotopic (exact) mass is 534 g/mol. The third-order valence-corrected chi connectivity index (χ3v) is 6.87. The van der Waals surface area contributed by atoms with Crippen LogP contribution in [0, 0.1) is 20.8 Å². The molecule has 0 aliphatic rings. The second kappa shape index (κ2) is 18.8. The van der Waals surface area contributed by atoms with E-state index in [1.54, 1.807) is 45.0 Å². The molecular weight excluding hydrogens is 488 g/mol. The smallest absolute Gasteiger partial charge is 0.338 e. The third-order valence-electron chi connectivity index (χ3n) is 6.23. The van der Waals surface area contributed by atoms with Crippen LogP contribution in [0.15, 0.2) is 35.2 Å². The minimum Gasteiger partial charge on any atom is -0.508 e. The van der Waals surface area contributed by atoms with Gasteiger partial charge >= 0.3 is 5.97 Å². The zero-order chi connectivity index (χ0) is 27.6. The van der Waals surface area contributed by atoms with Gasteiger partial charge in [-0.25, -0.2) is 9.00 Å². The number of aryl methyl sites for hydroxylation is 3.